The lowest BCUT2D eigenvalue weighted by Crippen LogP contribution is -3.15. The molecule has 1 saturated heterocycles. The maximum atomic E-state index is 12.6. The van der Waals surface area contributed by atoms with E-state index in [0.29, 0.717) is 29.6 Å². The first kappa shape index (κ1) is 18.9. The second-order valence-corrected chi connectivity index (χ2v) is 8.33. The summed E-state index contributed by atoms with van der Waals surface area (Å²) in [5.41, 5.74) is 1.17. The molecular weight excluding hydrogens is 326 g/mol. The summed E-state index contributed by atoms with van der Waals surface area (Å²) in [5, 5.41) is 6.08. The molecule has 26 heavy (non-hydrogen) atoms. The molecule has 0 spiro atoms. The highest BCUT2D eigenvalue weighted by Gasteiger charge is 2.27. The third kappa shape index (κ3) is 5.07. The molecule has 2 atom stereocenters. The number of hydrogen-bond donors (Lipinski definition) is 3. The summed E-state index contributed by atoms with van der Waals surface area (Å²) in [6, 6.07) is 7.58. The van der Waals surface area contributed by atoms with Crippen molar-refractivity contribution in [1.82, 2.24) is 5.32 Å². The number of rotatable bonds is 5. The molecule has 1 aliphatic heterocycles. The highest BCUT2D eigenvalue weighted by Crippen LogP contribution is 2.20. The standard InChI is InChI=1S/C21H31N3O2/c1-15-11-16(2)13-24(12-15)14-20(25)23-19-10-6-5-9-18(19)21(26)22-17-7-3-4-8-17/h5-6,9-10,15-17H,3-4,7-8,11-14H2,1-2H3,(H,22,26)(H,23,25)/p+1/t15-,16-/m1/s1. The topological polar surface area (TPSA) is 62.6 Å². The van der Waals surface area contributed by atoms with E-state index in [1.807, 2.05) is 18.2 Å². The monoisotopic (exact) mass is 358 g/mol. The predicted octanol–water partition coefficient (Wildman–Crippen LogP) is 1.86. The quantitative estimate of drug-likeness (QED) is 0.752. The maximum absolute atomic E-state index is 12.6. The highest BCUT2D eigenvalue weighted by molar-refractivity contribution is 6.04. The molecule has 2 aliphatic rings. The van der Waals surface area contributed by atoms with Crippen LogP contribution in [-0.4, -0.2) is 37.5 Å². The second-order valence-electron chi connectivity index (χ2n) is 8.33. The molecule has 2 amide bonds. The number of anilines is 1. The zero-order valence-electron chi connectivity index (χ0n) is 16.0. The van der Waals surface area contributed by atoms with Crippen LogP contribution in [0.4, 0.5) is 5.69 Å². The second kappa shape index (κ2) is 8.67. The molecule has 142 valence electrons. The van der Waals surface area contributed by atoms with Crippen molar-refractivity contribution in [1.29, 1.82) is 0 Å². The van der Waals surface area contributed by atoms with Crippen molar-refractivity contribution in [3.05, 3.63) is 29.8 Å². The molecule has 3 N–H and O–H groups in total. The van der Waals surface area contributed by atoms with E-state index in [1.54, 1.807) is 6.07 Å². The fourth-order valence-corrected chi connectivity index (χ4v) is 4.61. The van der Waals surface area contributed by atoms with Gasteiger partial charge >= 0.3 is 0 Å². The molecule has 0 bridgehead atoms. The first-order valence-electron chi connectivity index (χ1n) is 10.0. The summed E-state index contributed by atoms with van der Waals surface area (Å²) >= 11 is 0. The molecule has 1 aliphatic carbocycles. The van der Waals surface area contributed by atoms with Gasteiger partial charge in [-0.1, -0.05) is 38.8 Å². The average Bonchev–Trinajstić information content (AvgIpc) is 3.07. The molecule has 5 heteroatoms. The third-order valence-corrected chi connectivity index (χ3v) is 5.63. The zero-order valence-corrected chi connectivity index (χ0v) is 16.0. The van der Waals surface area contributed by atoms with Crippen LogP contribution >= 0.6 is 0 Å². The van der Waals surface area contributed by atoms with Gasteiger partial charge in [-0.05, 0) is 31.4 Å². The Morgan fingerprint density at radius 1 is 1.08 bits per heavy atom. The van der Waals surface area contributed by atoms with Gasteiger partial charge in [0.2, 0.25) is 0 Å². The zero-order chi connectivity index (χ0) is 18.5. The van der Waals surface area contributed by atoms with E-state index in [9.17, 15) is 9.59 Å². The number of quaternary nitrogens is 1. The lowest BCUT2D eigenvalue weighted by atomic mass is 9.92. The van der Waals surface area contributed by atoms with E-state index < -0.39 is 0 Å². The van der Waals surface area contributed by atoms with Gasteiger partial charge in [0.1, 0.15) is 0 Å². The van der Waals surface area contributed by atoms with Crippen molar-refractivity contribution in [3.8, 4) is 0 Å². The Morgan fingerprint density at radius 2 is 1.73 bits per heavy atom. The Labute approximate surface area is 156 Å². The van der Waals surface area contributed by atoms with Crippen LogP contribution in [-0.2, 0) is 4.79 Å². The summed E-state index contributed by atoms with van der Waals surface area (Å²) in [6.45, 7) is 7.07. The van der Waals surface area contributed by atoms with Crippen LogP contribution in [0.5, 0.6) is 0 Å². The molecule has 1 aromatic rings. The minimum atomic E-state index is -0.0830. The Morgan fingerprint density at radius 3 is 2.42 bits per heavy atom. The van der Waals surface area contributed by atoms with Gasteiger partial charge in [0, 0.05) is 17.9 Å². The largest absolute Gasteiger partial charge is 0.349 e. The first-order chi connectivity index (χ1) is 12.5. The van der Waals surface area contributed by atoms with E-state index in [2.05, 4.69) is 24.5 Å². The smallest absolute Gasteiger partial charge is 0.279 e. The minimum absolute atomic E-state index is 0.0117. The van der Waals surface area contributed by atoms with Crippen LogP contribution in [0.25, 0.3) is 0 Å². The van der Waals surface area contributed by atoms with Crippen molar-refractivity contribution in [2.24, 2.45) is 11.8 Å². The molecule has 2 fully saturated rings. The molecular formula is C21H32N3O2+. The maximum Gasteiger partial charge on any atom is 0.279 e. The van der Waals surface area contributed by atoms with Crippen LogP contribution in [0.15, 0.2) is 24.3 Å². The van der Waals surface area contributed by atoms with Gasteiger partial charge in [-0.2, -0.15) is 0 Å². The van der Waals surface area contributed by atoms with Crippen molar-refractivity contribution in [3.63, 3.8) is 0 Å². The highest BCUT2D eigenvalue weighted by atomic mass is 16.2. The molecule has 0 radical (unpaired) electrons. The molecule has 3 rings (SSSR count). The van der Waals surface area contributed by atoms with Crippen molar-refractivity contribution < 1.29 is 14.5 Å². The van der Waals surface area contributed by atoms with Gasteiger partial charge in [0.05, 0.1) is 24.3 Å². The van der Waals surface area contributed by atoms with Crippen molar-refractivity contribution >= 4 is 17.5 Å². The first-order valence-corrected chi connectivity index (χ1v) is 10.0. The summed E-state index contributed by atoms with van der Waals surface area (Å²) < 4.78 is 0. The fourth-order valence-electron chi connectivity index (χ4n) is 4.61. The molecule has 0 unspecified atom stereocenters. The van der Waals surface area contributed by atoms with E-state index in [0.717, 1.165) is 25.9 Å². The van der Waals surface area contributed by atoms with E-state index >= 15 is 0 Å². The fraction of sp³-hybridized carbons (Fsp3) is 0.619. The number of carbonyl (C=O) groups is 2. The van der Waals surface area contributed by atoms with Crippen LogP contribution in [0.3, 0.4) is 0 Å². The number of hydrogen-bond acceptors (Lipinski definition) is 2. The Hall–Kier alpha value is -1.88. The van der Waals surface area contributed by atoms with Gasteiger partial charge in [0.15, 0.2) is 6.54 Å². The summed E-state index contributed by atoms with van der Waals surface area (Å²) in [6.07, 6.45) is 5.71. The van der Waals surface area contributed by atoms with Crippen LogP contribution in [0.1, 0.15) is 56.3 Å². The normalized spacial score (nSPS) is 26.5. The Kier molecular flexibility index (Phi) is 6.30. The van der Waals surface area contributed by atoms with E-state index in [1.165, 1.54) is 24.2 Å². The Balaban J connectivity index is 1.60. The molecule has 1 saturated carbocycles. The summed E-state index contributed by atoms with van der Waals surface area (Å²) in [4.78, 5) is 26.5. The van der Waals surface area contributed by atoms with Gasteiger partial charge in [0.25, 0.3) is 11.8 Å². The van der Waals surface area contributed by atoms with Crippen molar-refractivity contribution in [2.75, 3.05) is 25.0 Å². The number of amides is 2. The number of para-hydroxylation sites is 1. The van der Waals surface area contributed by atoms with Crippen molar-refractivity contribution in [2.45, 2.75) is 52.0 Å². The third-order valence-electron chi connectivity index (χ3n) is 5.63. The lowest BCUT2D eigenvalue weighted by molar-refractivity contribution is -0.904. The van der Waals surface area contributed by atoms with Gasteiger partial charge in [-0.3, -0.25) is 9.59 Å². The van der Waals surface area contributed by atoms with Gasteiger partial charge in [-0.25, -0.2) is 0 Å². The van der Waals surface area contributed by atoms with E-state index in [-0.39, 0.29) is 17.9 Å². The molecule has 0 aromatic heterocycles. The number of carbonyl (C=O) groups excluding carboxylic acids is 2. The number of benzene rings is 1. The number of likely N-dealkylation sites (tertiary alicyclic amines) is 1. The van der Waals surface area contributed by atoms with Crippen LogP contribution < -0.4 is 15.5 Å². The molecule has 1 heterocycles. The molecule has 1 aromatic carbocycles. The SMILES string of the molecule is C[C@@H]1C[C@@H](C)C[NH+](CC(=O)Nc2ccccc2C(=O)NC2CCCC2)C1. The minimum Gasteiger partial charge on any atom is -0.349 e. The molecule has 5 nitrogen and oxygen atoms in total. The summed E-state index contributed by atoms with van der Waals surface area (Å²) in [7, 11) is 0. The lowest BCUT2D eigenvalue weighted by Gasteiger charge is -2.31. The average molecular weight is 359 g/mol. The van der Waals surface area contributed by atoms with E-state index in [4.69, 9.17) is 0 Å². The summed E-state index contributed by atoms with van der Waals surface area (Å²) in [5.74, 6) is 1.22. The number of piperidine rings is 1. The van der Waals surface area contributed by atoms with Crippen LogP contribution in [0, 0.1) is 11.8 Å². The number of nitrogens with one attached hydrogen (secondary N) is 3. The van der Waals surface area contributed by atoms with Crippen LogP contribution in [0.2, 0.25) is 0 Å². The predicted molar refractivity (Wildman–Crippen MR) is 103 cm³/mol. The van der Waals surface area contributed by atoms with Gasteiger partial charge in [-0.15, -0.1) is 0 Å². The van der Waals surface area contributed by atoms with Gasteiger partial charge < -0.3 is 15.5 Å². The Bertz CT molecular complexity index is 630.